The Bertz CT molecular complexity index is 784. The number of esters is 1. The summed E-state index contributed by atoms with van der Waals surface area (Å²) >= 11 is 0. The maximum absolute atomic E-state index is 12.3. The highest BCUT2D eigenvalue weighted by molar-refractivity contribution is 5.99. The molecule has 0 aromatic heterocycles. The average molecular weight is 352 g/mol. The third kappa shape index (κ3) is 3.43. The Kier molecular flexibility index (Phi) is 4.61. The largest absolute Gasteiger partial charge is 0.486 e. The summed E-state index contributed by atoms with van der Waals surface area (Å²) in [6, 6.07) is 10.7. The topological polar surface area (TPSA) is 61.8 Å². The molecule has 4 rings (SSSR count). The lowest BCUT2D eigenvalue weighted by atomic mass is 9.90. The van der Waals surface area contributed by atoms with Gasteiger partial charge in [0.25, 0.3) is 0 Å². The number of aryl methyl sites for hydroxylation is 2. The minimum absolute atomic E-state index is 0.270. The zero-order valence-electron chi connectivity index (χ0n) is 14.5. The van der Waals surface area contributed by atoms with Crippen LogP contribution in [0.2, 0.25) is 0 Å². The van der Waals surface area contributed by atoms with E-state index in [1.54, 1.807) is 24.3 Å². The monoisotopic (exact) mass is 352 g/mol. The van der Waals surface area contributed by atoms with Crippen molar-refractivity contribution in [1.82, 2.24) is 0 Å². The molecule has 5 nitrogen and oxygen atoms in total. The second kappa shape index (κ2) is 7.20. The molecule has 1 aliphatic carbocycles. The standard InChI is InChI=1S/C21H20O5/c22-18(16-7-8-19-20(12-16)25-10-9-24-19)13-26-21(23)17-6-5-14-3-1-2-4-15(14)11-17/h5-8,11-12H,1-4,9-10,13H2. The molecular weight excluding hydrogens is 332 g/mol. The lowest BCUT2D eigenvalue weighted by Crippen LogP contribution is -2.17. The molecule has 0 N–H and O–H groups in total. The summed E-state index contributed by atoms with van der Waals surface area (Å²) in [7, 11) is 0. The molecule has 1 aliphatic heterocycles. The van der Waals surface area contributed by atoms with Gasteiger partial charge in [-0.15, -0.1) is 0 Å². The molecule has 0 saturated heterocycles. The van der Waals surface area contributed by atoms with E-state index >= 15 is 0 Å². The first-order chi connectivity index (χ1) is 12.7. The number of benzene rings is 2. The third-order valence-corrected chi connectivity index (χ3v) is 4.78. The summed E-state index contributed by atoms with van der Waals surface area (Å²) in [6.45, 7) is 0.659. The molecule has 0 atom stereocenters. The van der Waals surface area contributed by atoms with E-state index in [4.69, 9.17) is 14.2 Å². The van der Waals surface area contributed by atoms with Gasteiger partial charge in [-0.2, -0.15) is 0 Å². The van der Waals surface area contributed by atoms with Gasteiger partial charge in [-0.3, -0.25) is 4.79 Å². The van der Waals surface area contributed by atoms with Crippen molar-refractivity contribution in [2.24, 2.45) is 0 Å². The Morgan fingerprint density at radius 3 is 2.42 bits per heavy atom. The molecule has 0 saturated carbocycles. The molecular formula is C21H20O5. The van der Waals surface area contributed by atoms with E-state index in [1.165, 1.54) is 17.5 Å². The SMILES string of the molecule is O=C(COC(=O)c1ccc2c(c1)CCCC2)c1ccc2c(c1)OCCO2. The molecule has 2 aliphatic rings. The molecule has 26 heavy (non-hydrogen) atoms. The summed E-state index contributed by atoms with van der Waals surface area (Å²) in [5, 5.41) is 0. The van der Waals surface area contributed by atoms with Crippen molar-refractivity contribution in [3.63, 3.8) is 0 Å². The van der Waals surface area contributed by atoms with E-state index in [0.717, 1.165) is 19.3 Å². The van der Waals surface area contributed by atoms with E-state index in [1.807, 2.05) is 12.1 Å². The van der Waals surface area contributed by atoms with Crippen LogP contribution < -0.4 is 9.47 Å². The minimum atomic E-state index is -0.468. The van der Waals surface area contributed by atoms with E-state index in [2.05, 4.69) is 0 Å². The summed E-state index contributed by atoms with van der Waals surface area (Å²) in [5.74, 6) is 0.430. The number of rotatable bonds is 4. The summed E-state index contributed by atoms with van der Waals surface area (Å²) in [5.41, 5.74) is 3.46. The predicted octanol–water partition coefficient (Wildman–Crippen LogP) is 3.38. The number of hydrogen-bond acceptors (Lipinski definition) is 5. The van der Waals surface area contributed by atoms with Crippen LogP contribution in [-0.2, 0) is 17.6 Å². The van der Waals surface area contributed by atoms with Crippen LogP contribution in [0.4, 0.5) is 0 Å². The van der Waals surface area contributed by atoms with Crippen LogP contribution in [-0.4, -0.2) is 31.6 Å². The lowest BCUT2D eigenvalue weighted by Gasteiger charge is -2.18. The number of fused-ring (bicyclic) bond motifs is 2. The van der Waals surface area contributed by atoms with Gasteiger partial charge >= 0.3 is 5.97 Å². The maximum atomic E-state index is 12.3. The molecule has 2 aromatic rings. The number of Topliss-reactive ketones (excluding diaryl/α,β-unsaturated/α-hetero) is 1. The highest BCUT2D eigenvalue weighted by Gasteiger charge is 2.18. The van der Waals surface area contributed by atoms with E-state index in [-0.39, 0.29) is 12.4 Å². The van der Waals surface area contributed by atoms with Crippen LogP contribution in [0.15, 0.2) is 36.4 Å². The second-order valence-electron chi connectivity index (χ2n) is 6.55. The number of carbonyl (C=O) groups excluding carboxylic acids is 2. The number of carbonyl (C=O) groups is 2. The van der Waals surface area contributed by atoms with Crippen LogP contribution >= 0.6 is 0 Å². The van der Waals surface area contributed by atoms with Gasteiger partial charge in [-0.25, -0.2) is 4.79 Å². The van der Waals surface area contributed by atoms with E-state index in [9.17, 15) is 9.59 Å². The van der Waals surface area contributed by atoms with Crippen molar-refractivity contribution in [3.8, 4) is 11.5 Å². The van der Waals surface area contributed by atoms with Gasteiger partial charge in [0, 0.05) is 5.56 Å². The first-order valence-corrected chi connectivity index (χ1v) is 8.92. The van der Waals surface area contributed by atoms with Gasteiger partial charge in [0.15, 0.2) is 23.9 Å². The Balaban J connectivity index is 1.40. The van der Waals surface area contributed by atoms with Crippen molar-refractivity contribution in [2.75, 3.05) is 19.8 Å². The quantitative estimate of drug-likeness (QED) is 0.624. The normalized spacial score (nSPS) is 15.1. The van der Waals surface area contributed by atoms with Crippen molar-refractivity contribution in [3.05, 3.63) is 58.7 Å². The molecule has 2 aromatic carbocycles. The molecule has 0 unspecified atom stereocenters. The number of hydrogen-bond donors (Lipinski definition) is 0. The van der Waals surface area contributed by atoms with Crippen LogP contribution in [0.3, 0.4) is 0 Å². The van der Waals surface area contributed by atoms with Crippen molar-refractivity contribution < 1.29 is 23.8 Å². The highest BCUT2D eigenvalue weighted by Crippen LogP contribution is 2.31. The zero-order valence-corrected chi connectivity index (χ0v) is 14.5. The summed E-state index contributed by atoms with van der Waals surface area (Å²) in [6.07, 6.45) is 4.40. The summed E-state index contributed by atoms with van der Waals surface area (Å²) in [4.78, 5) is 24.6. The van der Waals surface area contributed by atoms with Gasteiger partial charge < -0.3 is 14.2 Å². The maximum Gasteiger partial charge on any atom is 0.338 e. The lowest BCUT2D eigenvalue weighted by molar-refractivity contribution is 0.0474. The smallest absolute Gasteiger partial charge is 0.338 e. The average Bonchev–Trinajstić information content (AvgIpc) is 2.71. The van der Waals surface area contributed by atoms with Gasteiger partial charge in [0.05, 0.1) is 5.56 Å². The molecule has 0 spiro atoms. The fourth-order valence-corrected chi connectivity index (χ4v) is 3.37. The molecule has 5 heteroatoms. The Hall–Kier alpha value is -2.82. The molecule has 1 heterocycles. The number of ketones is 1. The van der Waals surface area contributed by atoms with Crippen LogP contribution in [0.25, 0.3) is 0 Å². The van der Waals surface area contributed by atoms with Crippen LogP contribution in [0.5, 0.6) is 11.5 Å². The highest BCUT2D eigenvalue weighted by atomic mass is 16.6. The summed E-state index contributed by atoms with van der Waals surface area (Å²) < 4.78 is 16.1. The first kappa shape index (κ1) is 16.6. The van der Waals surface area contributed by atoms with Crippen LogP contribution in [0, 0.1) is 0 Å². The molecule has 0 radical (unpaired) electrons. The van der Waals surface area contributed by atoms with Gasteiger partial charge in [-0.1, -0.05) is 6.07 Å². The van der Waals surface area contributed by atoms with E-state index < -0.39 is 5.97 Å². The van der Waals surface area contributed by atoms with Crippen molar-refractivity contribution >= 4 is 11.8 Å². The Morgan fingerprint density at radius 1 is 0.846 bits per heavy atom. The molecule has 0 amide bonds. The number of ether oxygens (including phenoxy) is 3. The van der Waals surface area contributed by atoms with Gasteiger partial charge in [-0.05, 0) is 67.1 Å². The first-order valence-electron chi connectivity index (χ1n) is 8.92. The molecule has 0 fully saturated rings. The molecule has 134 valence electrons. The third-order valence-electron chi connectivity index (χ3n) is 4.78. The van der Waals surface area contributed by atoms with Gasteiger partial charge in [0.2, 0.25) is 0 Å². The second-order valence-corrected chi connectivity index (χ2v) is 6.55. The van der Waals surface area contributed by atoms with Crippen LogP contribution in [0.1, 0.15) is 44.7 Å². The Labute approximate surface area is 151 Å². The van der Waals surface area contributed by atoms with E-state index in [0.29, 0.717) is 35.8 Å². The molecule has 0 bridgehead atoms. The minimum Gasteiger partial charge on any atom is -0.486 e. The fourth-order valence-electron chi connectivity index (χ4n) is 3.37. The zero-order chi connectivity index (χ0) is 17.9. The van der Waals surface area contributed by atoms with Gasteiger partial charge in [0.1, 0.15) is 13.2 Å². The predicted molar refractivity (Wildman–Crippen MR) is 95.1 cm³/mol. The van der Waals surface area contributed by atoms with Crippen molar-refractivity contribution in [1.29, 1.82) is 0 Å². The van der Waals surface area contributed by atoms with Crippen molar-refractivity contribution in [2.45, 2.75) is 25.7 Å². The fraction of sp³-hybridized carbons (Fsp3) is 0.333. The Morgan fingerprint density at radius 2 is 1.58 bits per heavy atom.